The van der Waals surface area contributed by atoms with Crippen LogP contribution in [-0.4, -0.2) is 18.7 Å². The Labute approximate surface area is 185 Å². The van der Waals surface area contributed by atoms with Gasteiger partial charge in [0.2, 0.25) is 0 Å². The Morgan fingerprint density at radius 1 is 1.03 bits per heavy atom. The lowest BCUT2D eigenvalue weighted by Gasteiger charge is -2.14. The average molecular weight is 437 g/mol. The highest BCUT2D eigenvalue weighted by Gasteiger charge is 2.19. The van der Waals surface area contributed by atoms with E-state index in [0.29, 0.717) is 40.9 Å². The fraction of sp³-hybridized carbons (Fsp3) is 0.292. The monoisotopic (exact) mass is 436 g/mol. The minimum absolute atomic E-state index is 0.325. The maximum Gasteiger partial charge on any atom is 0.337 e. The first kappa shape index (κ1) is 21.1. The highest BCUT2D eigenvalue weighted by molar-refractivity contribution is 6.31. The van der Waals surface area contributed by atoms with Crippen molar-refractivity contribution in [1.29, 1.82) is 0 Å². The topological polar surface area (TPSA) is 61.8 Å². The van der Waals surface area contributed by atoms with Crippen LogP contribution in [0.3, 0.4) is 0 Å². The smallest absolute Gasteiger partial charge is 0.320 e. The summed E-state index contributed by atoms with van der Waals surface area (Å²) in [4.78, 5) is 31.3. The second kappa shape index (κ2) is 8.55. The van der Waals surface area contributed by atoms with E-state index in [-0.39, 0.29) is 11.2 Å². The third-order valence-electron chi connectivity index (χ3n) is 5.42. The molecule has 0 radical (unpaired) electrons. The molecule has 0 aliphatic heterocycles. The Balaban J connectivity index is 1.97. The van der Waals surface area contributed by atoms with E-state index in [0.717, 1.165) is 17.5 Å². The molecular weight excluding hydrogens is 412 g/mol. The largest absolute Gasteiger partial charge is 0.337 e. The summed E-state index contributed by atoms with van der Waals surface area (Å²) >= 11 is 6.34. The third-order valence-corrected chi connectivity index (χ3v) is 5.79. The maximum atomic E-state index is 13.4. The molecule has 0 unspecified atom stereocenters. The molecular formula is C24H25ClN4O2. The molecule has 0 spiro atoms. The van der Waals surface area contributed by atoms with E-state index in [9.17, 15) is 9.59 Å². The first-order chi connectivity index (χ1) is 14.9. The molecule has 2 aromatic heterocycles. The molecule has 0 bridgehead atoms. The zero-order valence-electron chi connectivity index (χ0n) is 17.9. The Hall–Kier alpha value is -3.12. The van der Waals surface area contributed by atoms with Crippen molar-refractivity contribution >= 4 is 22.8 Å². The van der Waals surface area contributed by atoms with Gasteiger partial charge in [-0.3, -0.25) is 9.36 Å². The molecule has 4 rings (SSSR count). The van der Waals surface area contributed by atoms with Gasteiger partial charge in [0.05, 0.1) is 18.6 Å². The van der Waals surface area contributed by atoms with E-state index in [1.165, 1.54) is 9.13 Å². The van der Waals surface area contributed by atoms with Crippen LogP contribution in [0.4, 0.5) is 0 Å². The van der Waals surface area contributed by atoms with Crippen LogP contribution in [0.25, 0.3) is 16.9 Å². The number of aryl methyl sites for hydroxylation is 1. The predicted molar refractivity (Wildman–Crippen MR) is 124 cm³/mol. The Morgan fingerprint density at radius 3 is 2.42 bits per heavy atom. The minimum Gasteiger partial charge on any atom is -0.320 e. The second-order valence-electron chi connectivity index (χ2n) is 8.23. The number of benzene rings is 2. The van der Waals surface area contributed by atoms with Crippen molar-refractivity contribution in [2.45, 2.75) is 40.3 Å². The van der Waals surface area contributed by atoms with Gasteiger partial charge in [-0.1, -0.05) is 61.3 Å². The lowest BCUT2D eigenvalue weighted by atomic mass is 10.1. The molecule has 0 fully saturated rings. The van der Waals surface area contributed by atoms with Gasteiger partial charge in [0.25, 0.3) is 5.56 Å². The van der Waals surface area contributed by atoms with E-state index in [1.54, 1.807) is 10.9 Å². The molecule has 0 aliphatic carbocycles. The maximum absolute atomic E-state index is 13.4. The number of aromatic nitrogens is 4. The van der Waals surface area contributed by atoms with Crippen LogP contribution in [0.5, 0.6) is 0 Å². The highest BCUT2D eigenvalue weighted by Crippen LogP contribution is 2.19. The van der Waals surface area contributed by atoms with E-state index >= 15 is 0 Å². The summed E-state index contributed by atoms with van der Waals surface area (Å²) in [5.74, 6) is 0.364. The third kappa shape index (κ3) is 4.08. The lowest BCUT2D eigenvalue weighted by molar-refractivity contribution is 0.491. The molecule has 6 nitrogen and oxygen atoms in total. The molecule has 31 heavy (non-hydrogen) atoms. The number of rotatable bonds is 6. The molecule has 0 saturated heterocycles. The second-order valence-corrected chi connectivity index (χ2v) is 8.64. The molecule has 2 heterocycles. The van der Waals surface area contributed by atoms with Gasteiger partial charge in [-0.2, -0.15) is 0 Å². The summed E-state index contributed by atoms with van der Waals surface area (Å²) in [6, 6.07) is 15.1. The number of hydrogen-bond donors (Lipinski definition) is 0. The zero-order valence-corrected chi connectivity index (χ0v) is 18.6. The molecule has 0 atom stereocenters. The van der Waals surface area contributed by atoms with Crippen molar-refractivity contribution in [2.75, 3.05) is 0 Å². The summed E-state index contributed by atoms with van der Waals surface area (Å²) in [5, 5.41) is 0.622. The van der Waals surface area contributed by atoms with Gasteiger partial charge in [0.1, 0.15) is 0 Å². The molecule has 0 saturated carbocycles. The normalized spacial score (nSPS) is 11.5. The SMILES string of the molecule is Cc1ccc(-n2c(=O)n(CCC(C)C)c(=O)c3c2ncn3Cc2ccccc2Cl)cc1. The van der Waals surface area contributed by atoms with Crippen molar-refractivity contribution in [2.24, 2.45) is 5.92 Å². The van der Waals surface area contributed by atoms with Crippen molar-refractivity contribution in [3.8, 4) is 5.69 Å². The van der Waals surface area contributed by atoms with Gasteiger partial charge in [-0.25, -0.2) is 14.3 Å². The lowest BCUT2D eigenvalue weighted by Crippen LogP contribution is -2.40. The first-order valence-electron chi connectivity index (χ1n) is 10.4. The van der Waals surface area contributed by atoms with Crippen LogP contribution < -0.4 is 11.2 Å². The van der Waals surface area contributed by atoms with Gasteiger partial charge in [0, 0.05) is 11.6 Å². The van der Waals surface area contributed by atoms with Crippen LogP contribution in [0, 0.1) is 12.8 Å². The number of fused-ring (bicyclic) bond motifs is 1. The van der Waals surface area contributed by atoms with Crippen LogP contribution in [0.15, 0.2) is 64.4 Å². The van der Waals surface area contributed by atoms with E-state index in [1.807, 2.05) is 55.5 Å². The molecule has 0 amide bonds. The minimum atomic E-state index is -0.370. The molecule has 7 heteroatoms. The fourth-order valence-electron chi connectivity index (χ4n) is 3.62. The fourth-order valence-corrected chi connectivity index (χ4v) is 3.82. The Bertz CT molecular complexity index is 1350. The summed E-state index contributed by atoms with van der Waals surface area (Å²) in [7, 11) is 0. The number of halogens is 1. The molecule has 4 aromatic rings. The van der Waals surface area contributed by atoms with Gasteiger partial charge < -0.3 is 4.57 Å². The van der Waals surface area contributed by atoms with Crippen LogP contribution in [0.2, 0.25) is 5.02 Å². The van der Waals surface area contributed by atoms with E-state index in [4.69, 9.17) is 11.6 Å². The quantitative estimate of drug-likeness (QED) is 0.450. The van der Waals surface area contributed by atoms with Crippen molar-refractivity contribution in [3.63, 3.8) is 0 Å². The van der Waals surface area contributed by atoms with E-state index in [2.05, 4.69) is 18.8 Å². The number of nitrogens with zero attached hydrogens (tertiary/aromatic N) is 4. The van der Waals surface area contributed by atoms with Gasteiger partial charge in [-0.05, 0) is 43.0 Å². The Kier molecular flexibility index (Phi) is 5.83. The molecule has 160 valence electrons. The van der Waals surface area contributed by atoms with Gasteiger partial charge in [-0.15, -0.1) is 0 Å². The highest BCUT2D eigenvalue weighted by atomic mass is 35.5. The van der Waals surface area contributed by atoms with Crippen molar-refractivity contribution in [1.82, 2.24) is 18.7 Å². The summed E-state index contributed by atoms with van der Waals surface area (Å²) in [6.07, 6.45) is 2.33. The van der Waals surface area contributed by atoms with Crippen molar-refractivity contribution < 1.29 is 0 Å². The first-order valence-corrected chi connectivity index (χ1v) is 10.8. The van der Waals surface area contributed by atoms with Crippen LogP contribution in [-0.2, 0) is 13.1 Å². The Morgan fingerprint density at radius 2 is 1.74 bits per heavy atom. The van der Waals surface area contributed by atoms with Crippen LogP contribution in [0.1, 0.15) is 31.4 Å². The van der Waals surface area contributed by atoms with Crippen LogP contribution >= 0.6 is 11.6 Å². The summed E-state index contributed by atoms with van der Waals surface area (Å²) in [6.45, 7) is 6.88. The van der Waals surface area contributed by atoms with Crippen molar-refractivity contribution in [3.05, 3.63) is 91.8 Å². The number of imidazole rings is 1. The average Bonchev–Trinajstić information content (AvgIpc) is 3.14. The molecule has 0 N–H and O–H groups in total. The standard InChI is InChI=1S/C24H25ClN4O2/c1-16(2)12-13-28-23(30)21-22(29(24(28)31)19-10-8-17(3)9-11-19)26-15-27(21)14-18-6-4-5-7-20(18)25/h4-11,15-16H,12-14H2,1-3H3. The van der Waals surface area contributed by atoms with Gasteiger partial charge >= 0.3 is 5.69 Å². The molecule has 2 aromatic carbocycles. The summed E-state index contributed by atoms with van der Waals surface area (Å²) in [5.41, 5.74) is 2.70. The predicted octanol–water partition coefficient (Wildman–Crippen LogP) is 4.41. The zero-order chi connectivity index (χ0) is 22.1. The van der Waals surface area contributed by atoms with Gasteiger partial charge in [0.15, 0.2) is 11.2 Å². The van der Waals surface area contributed by atoms with E-state index < -0.39 is 0 Å². The molecule has 0 aliphatic rings. The number of hydrogen-bond acceptors (Lipinski definition) is 3. The summed E-state index contributed by atoms with van der Waals surface area (Å²) < 4.78 is 4.63.